The molecule has 0 radical (unpaired) electrons. The van der Waals surface area contributed by atoms with Gasteiger partial charge < -0.3 is 9.88 Å². The third-order valence-electron chi connectivity index (χ3n) is 2.13. The Morgan fingerprint density at radius 3 is 2.88 bits per heavy atom. The minimum Gasteiger partial charge on any atom is -0.333 e. The zero-order valence-corrected chi connectivity index (χ0v) is 10.1. The number of rotatable bonds is 2. The molecule has 0 bridgehead atoms. The van der Waals surface area contributed by atoms with Gasteiger partial charge in [0.15, 0.2) is 5.13 Å². The van der Waals surface area contributed by atoms with E-state index in [1.54, 1.807) is 12.5 Å². The quantitative estimate of drug-likeness (QED) is 0.865. The summed E-state index contributed by atoms with van der Waals surface area (Å²) < 4.78 is 1.93. The molecule has 1 amide bonds. The van der Waals surface area contributed by atoms with Crippen LogP contribution >= 0.6 is 11.3 Å². The molecule has 0 spiro atoms. The molecule has 2 rings (SSSR count). The topological polar surface area (TPSA) is 59.8 Å². The van der Waals surface area contributed by atoms with E-state index < -0.39 is 0 Å². The maximum atomic E-state index is 10.9. The molecule has 0 fully saturated rings. The number of nitrogens with zero attached hydrogens (tertiary/aromatic N) is 3. The lowest BCUT2D eigenvalue weighted by Gasteiger charge is -1.98. The highest BCUT2D eigenvalue weighted by Crippen LogP contribution is 2.31. The summed E-state index contributed by atoms with van der Waals surface area (Å²) in [6, 6.07) is 0. The van der Waals surface area contributed by atoms with Gasteiger partial charge in [-0.1, -0.05) is 11.3 Å². The first-order valence-electron chi connectivity index (χ1n) is 4.79. The van der Waals surface area contributed by atoms with Crippen LogP contribution in [0.25, 0.3) is 10.6 Å². The van der Waals surface area contributed by atoms with Crippen LogP contribution in [0.4, 0.5) is 5.13 Å². The Balaban J connectivity index is 2.39. The summed E-state index contributed by atoms with van der Waals surface area (Å²) in [7, 11) is 1.93. The Bertz CT molecular complexity index is 529. The van der Waals surface area contributed by atoms with Crippen LogP contribution in [0, 0.1) is 6.92 Å². The minimum absolute atomic E-state index is 0.106. The highest BCUT2D eigenvalue weighted by atomic mass is 32.1. The van der Waals surface area contributed by atoms with E-state index in [2.05, 4.69) is 15.3 Å². The fourth-order valence-corrected chi connectivity index (χ4v) is 2.48. The van der Waals surface area contributed by atoms with Gasteiger partial charge in [-0.05, 0) is 6.92 Å². The van der Waals surface area contributed by atoms with E-state index in [0.717, 1.165) is 16.3 Å². The molecule has 0 aliphatic heterocycles. The number of aromatic nitrogens is 3. The van der Waals surface area contributed by atoms with Crippen LogP contribution in [0.3, 0.4) is 0 Å². The average molecular weight is 236 g/mol. The molecular formula is C10H12N4OS. The first-order chi connectivity index (χ1) is 7.58. The molecule has 2 heterocycles. The number of imidazole rings is 1. The summed E-state index contributed by atoms with van der Waals surface area (Å²) in [5.74, 6) is -0.106. The van der Waals surface area contributed by atoms with Gasteiger partial charge in [0.1, 0.15) is 0 Å². The number of aryl methyl sites for hydroxylation is 2. The van der Waals surface area contributed by atoms with Gasteiger partial charge in [-0.2, -0.15) is 0 Å². The Hall–Kier alpha value is -1.69. The van der Waals surface area contributed by atoms with E-state index in [-0.39, 0.29) is 5.91 Å². The lowest BCUT2D eigenvalue weighted by molar-refractivity contribution is -0.114. The molecule has 5 nitrogen and oxygen atoms in total. The highest BCUT2D eigenvalue weighted by molar-refractivity contribution is 7.19. The third-order valence-corrected chi connectivity index (χ3v) is 3.22. The molecule has 0 aliphatic carbocycles. The Kier molecular flexibility index (Phi) is 2.74. The lowest BCUT2D eigenvalue weighted by Crippen LogP contribution is -2.04. The van der Waals surface area contributed by atoms with Gasteiger partial charge in [0.25, 0.3) is 0 Å². The Morgan fingerprint density at radius 1 is 1.56 bits per heavy atom. The maximum absolute atomic E-state index is 10.9. The predicted octanol–water partition coefficient (Wildman–Crippen LogP) is 1.81. The smallest absolute Gasteiger partial charge is 0.223 e. The summed E-state index contributed by atoms with van der Waals surface area (Å²) in [4.78, 5) is 20.3. The lowest BCUT2D eigenvalue weighted by atomic mass is 10.3. The van der Waals surface area contributed by atoms with Crippen LogP contribution < -0.4 is 5.32 Å². The third kappa shape index (κ3) is 1.96. The normalized spacial score (nSPS) is 10.4. The van der Waals surface area contributed by atoms with Crippen molar-refractivity contribution in [2.75, 3.05) is 5.32 Å². The Labute approximate surface area is 97.2 Å². The second-order valence-corrected chi connectivity index (χ2v) is 4.50. The van der Waals surface area contributed by atoms with Gasteiger partial charge in [0.2, 0.25) is 5.91 Å². The zero-order valence-electron chi connectivity index (χ0n) is 9.31. The van der Waals surface area contributed by atoms with Crippen molar-refractivity contribution >= 4 is 22.4 Å². The minimum atomic E-state index is -0.106. The van der Waals surface area contributed by atoms with Crippen molar-refractivity contribution in [2.45, 2.75) is 13.8 Å². The molecule has 0 aromatic carbocycles. The molecule has 2 aromatic heterocycles. The standard InChI is InChI=1S/C10H12N4OS/c1-6-9(8-4-11-5-14(8)3)16-10(12-6)13-7(2)15/h4-5H,1-3H3,(H,12,13,15). The van der Waals surface area contributed by atoms with Crippen LogP contribution in [0.15, 0.2) is 12.5 Å². The molecule has 2 aromatic rings. The van der Waals surface area contributed by atoms with E-state index in [9.17, 15) is 4.79 Å². The fraction of sp³-hybridized carbons (Fsp3) is 0.300. The first kappa shape index (κ1) is 10.8. The first-order valence-corrected chi connectivity index (χ1v) is 5.61. The molecule has 16 heavy (non-hydrogen) atoms. The summed E-state index contributed by atoms with van der Waals surface area (Å²) in [6.45, 7) is 3.39. The molecule has 84 valence electrons. The molecule has 0 aliphatic rings. The van der Waals surface area contributed by atoms with E-state index in [1.807, 2.05) is 18.5 Å². The maximum Gasteiger partial charge on any atom is 0.223 e. The Morgan fingerprint density at radius 2 is 2.31 bits per heavy atom. The van der Waals surface area contributed by atoms with Crippen LogP contribution in [0.1, 0.15) is 12.6 Å². The molecule has 6 heteroatoms. The van der Waals surface area contributed by atoms with Crippen molar-refractivity contribution in [3.8, 4) is 10.6 Å². The predicted molar refractivity (Wildman–Crippen MR) is 63.4 cm³/mol. The largest absolute Gasteiger partial charge is 0.333 e. The average Bonchev–Trinajstić information content (AvgIpc) is 2.71. The number of hydrogen-bond acceptors (Lipinski definition) is 4. The second kappa shape index (κ2) is 4.05. The number of carbonyl (C=O) groups excluding carboxylic acids is 1. The number of thiazole rings is 1. The van der Waals surface area contributed by atoms with Crippen LogP contribution in [0.5, 0.6) is 0 Å². The number of hydrogen-bond donors (Lipinski definition) is 1. The highest BCUT2D eigenvalue weighted by Gasteiger charge is 2.12. The van der Waals surface area contributed by atoms with E-state index >= 15 is 0 Å². The van der Waals surface area contributed by atoms with E-state index in [0.29, 0.717) is 5.13 Å². The van der Waals surface area contributed by atoms with E-state index in [1.165, 1.54) is 18.3 Å². The van der Waals surface area contributed by atoms with Gasteiger partial charge in [-0.25, -0.2) is 9.97 Å². The summed E-state index contributed by atoms with van der Waals surface area (Å²) in [6.07, 6.45) is 3.53. The van der Waals surface area contributed by atoms with Gasteiger partial charge in [0.05, 0.1) is 28.8 Å². The van der Waals surface area contributed by atoms with Crippen molar-refractivity contribution in [3.05, 3.63) is 18.2 Å². The molecule has 1 N–H and O–H groups in total. The second-order valence-electron chi connectivity index (χ2n) is 3.50. The molecule has 0 saturated heterocycles. The van der Waals surface area contributed by atoms with Crippen molar-refractivity contribution < 1.29 is 4.79 Å². The molecule has 0 atom stereocenters. The van der Waals surface area contributed by atoms with Gasteiger partial charge >= 0.3 is 0 Å². The van der Waals surface area contributed by atoms with Gasteiger partial charge in [0, 0.05) is 14.0 Å². The summed E-state index contributed by atoms with van der Waals surface area (Å²) >= 11 is 1.46. The van der Waals surface area contributed by atoms with Crippen LogP contribution in [-0.4, -0.2) is 20.4 Å². The number of nitrogens with one attached hydrogen (secondary N) is 1. The fourth-order valence-electron chi connectivity index (χ4n) is 1.41. The van der Waals surface area contributed by atoms with Crippen LogP contribution in [0.2, 0.25) is 0 Å². The van der Waals surface area contributed by atoms with Crippen molar-refractivity contribution in [2.24, 2.45) is 7.05 Å². The zero-order chi connectivity index (χ0) is 11.7. The van der Waals surface area contributed by atoms with Gasteiger partial charge in [-0.3, -0.25) is 4.79 Å². The van der Waals surface area contributed by atoms with Gasteiger partial charge in [-0.15, -0.1) is 0 Å². The summed E-state index contributed by atoms with van der Waals surface area (Å²) in [5, 5.41) is 3.31. The van der Waals surface area contributed by atoms with Crippen molar-refractivity contribution in [1.82, 2.24) is 14.5 Å². The monoisotopic (exact) mass is 236 g/mol. The van der Waals surface area contributed by atoms with Crippen molar-refractivity contribution in [1.29, 1.82) is 0 Å². The van der Waals surface area contributed by atoms with E-state index in [4.69, 9.17) is 0 Å². The molecular weight excluding hydrogens is 224 g/mol. The molecule has 0 unspecified atom stereocenters. The number of anilines is 1. The number of carbonyl (C=O) groups is 1. The summed E-state index contributed by atoms with van der Waals surface area (Å²) in [5.41, 5.74) is 1.91. The van der Waals surface area contributed by atoms with Crippen LogP contribution in [-0.2, 0) is 11.8 Å². The van der Waals surface area contributed by atoms with Crippen molar-refractivity contribution in [3.63, 3.8) is 0 Å². The SMILES string of the molecule is CC(=O)Nc1nc(C)c(-c2cncn2C)s1. The molecule has 0 saturated carbocycles. The number of amides is 1.